The van der Waals surface area contributed by atoms with Crippen molar-refractivity contribution in [3.63, 3.8) is 0 Å². The molecule has 0 spiro atoms. The number of ether oxygens (including phenoxy) is 1. The van der Waals surface area contributed by atoms with Gasteiger partial charge in [0.2, 0.25) is 0 Å². The fraction of sp³-hybridized carbons (Fsp3) is 0.231. The van der Waals surface area contributed by atoms with Crippen molar-refractivity contribution in [1.82, 2.24) is 4.98 Å². The van der Waals surface area contributed by atoms with Gasteiger partial charge in [-0.25, -0.2) is 4.98 Å². The van der Waals surface area contributed by atoms with Gasteiger partial charge in [-0.2, -0.15) is 0 Å². The first-order valence-corrected chi connectivity index (χ1v) is 6.81. The summed E-state index contributed by atoms with van der Waals surface area (Å²) in [5.74, 6) is -0.798. The van der Waals surface area contributed by atoms with Crippen LogP contribution in [0.1, 0.15) is 10.4 Å². The monoisotopic (exact) mass is 293 g/mol. The zero-order valence-electron chi connectivity index (χ0n) is 10.9. The third-order valence-corrected chi connectivity index (χ3v) is 3.44. The highest BCUT2D eigenvalue weighted by atomic mass is 32.1. The van der Waals surface area contributed by atoms with Crippen molar-refractivity contribution in [2.75, 3.05) is 25.6 Å². The zero-order chi connectivity index (χ0) is 14.5. The summed E-state index contributed by atoms with van der Waals surface area (Å²) in [6, 6.07) is 4.66. The highest BCUT2D eigenvalue weighted by Gasteiger charge is 2.11. The first kappa shape index (κ1) is 14.3. The summed E-state index contributed by atoms with van der Waals surface area (Å²) < 4.78 is 4.95. The molecule has 1 heterocycles. The van der Waals surface area contributed by atoms with E-state index in [4.69, 9.17) is 10.5 Å². The zero-order valence-corrected chi connectivity index (χ0v) is 11.7. The lowest BCUT2D eigenvalue weighted by Crippen LogP contribution is -2.11. The Morgan fingerprint density at radius 1 is 1.55 bits per heavy atom. The van der Waals surface area contributed by atoms with Gasteiger partial charge in [-0.3, -0.25) is 4.79 Å². The van der Waals surface area contributed by atoms with Crippen LogP contribution in [0.25, 0.3) is 11.3 Å². The summed E-state index contributed by atoms with van der Waals surface area (Å²) in [7, 11) is 1.64. The van der Waals surface area contributed by atoms with Crippen molar-refractivity contribution in [2.45, 2.75) is 0 Å². The Morgan fingerprint density at radius 2 is 2.35 bits per heavy atom. The van der Waals surface area contributed by atoms with E-state index in [9.17, 15) is 9.90 Å². The molecule has 0 bridgehead atoms. The number of amides is 1. The number of nitrogens with zero attached hydrogens (tertiary/aromatic N) is 1. The smallest absolute Gasteiger partial charge is 0.252 e. The molecule has 7 heteroatoms. The minimum absolute atomic E-state index is 0.0874. The minimum atomic E-state index is -0.668. The molecule has 6 nitrogen and oxygen atoms in total. The number of aromatic nitrogens is 1. The van der Waals surface area contributed by atoms with Gasteiger partial charge in [-0.05, 0) is 18.2 Å². The van der Waals surface area contributed by atoms with Crippen molar-refractivity contribution in [2.24, 2.45) is 5.73 Å². The van der Waals surface area contributed by atoms with Gasteiger partial charge in [-0.15, -0.1) is 11.3 Å². The standard InChI is InChI=1S/C13H15N3O3S/c1-19-5-4-15-13-16-10(7-20-13)8-2-3-11(17)9(6-8)12(14)18/h2-3,6-7,17H,4-5H2,1H3,(H2,14,18)(H,15,16). The molecule has 1 amide bonds. The third-order valence-electron chi connectivity index (χ3n) is 2.64. The van der Waals surface area contributed by atoms with E-state index in [0.717, 1.165) is 16.4 Å². The topological polar surface area (TPSA) is 97.5 Å². The Balaban J connectivity index is 2.19. The van der Waals surface area contributed by atoms with Crippen LogP contribution in [-0.4, -0.2) is 36.3 Å². The van der Waals surface area contributed by atoms with Gasteiger partial charge < -0.3 is 20.9 Å². The van der Waals surface area contributed by atoms with E-state index in [1.165, 1.54) is 23.5 Å². The quantitative estimate of drug-likeness (QED) is 0.704. The molecule has 20 heavy (non-hydrogen) atoms. The molecule has 4 N–H and O–H groups in total. The normalized spacial score (nSPS) is 10.4. The van der Waals surface area contributed by atoms with Crippen LogP contribution in [0.5, 0.6) is 5.75 Å². The van der Waals surface area contributed by atoms with Crippen molar-refractivity contribution in [3.8, 4) is 17.0 Å². The van der Waals surface area contributed by atoms with Gasteiger partial charge in [0, 0.05) is 24.6 Å². The molecule has 0 atom stereocenters. The molecule has 1 aromatic heterocycles. The summed E-state index contributed by atoms with van der Waals surface area (Å²) in [4.78, 5) is 15.6. The van der Waals surface area contributed by atoms with E-state index in [1.807, 2.05) is 5.38 Å². The number of nitrogens with two attached hydrogens (primary N) is 1. The van der Waals surface area contributed by atoms with Crippen LogP contribution >= 0.6 is 11.3 Å². The van der Waals surface area contributed by atoms with Crippen LogP contribution in [-0.2, 0) is 4.74 Å². The maximum atomic E-state index is 11.2. The van der Waals surface area contributed by atoms with Gasteiger partial charge >= 0.3 is 0 Å². The van der Waals surface area contributed by atoms with Crippen LogP contribution < -0.4 is 11.1 Å². The number of primary amides is 1. The fourth-order valence-corrected chi connectivity index (χ4v) is 2.39. The Bertz CT molecular complexity index is 613. The van der Waals surface area contributed by atoms with Crippen LogP contribution in [0, 0.1) is 0 Å². The van der Waals surface area contributed by atoms with Crippen LogP contribution in [0.15, 0.2) is 23.6 Å². The number of benzene rings is 1. The fourth-order valence-electron chi connectivity index (χ4n) is 1.64. The van der Waals surface area contributed by atoms with E-state index in [1.54, 1.807) is 13.2 Å². The van der Waals surface area contributed by atoms with E-state index >= 15 is 0 Å². The summed E-state index contributed by atoms with van der Waals surface area (Å²) in [5.41, 5.74) is 6.74. The highest BCUT2D eigenvalue weighted by Crippen LogP contribution is 2.28. The lowest BCUT2D eigenvalue weighted by molar-refractivity contribution is 0.0998. The molecule has 2 aromatic rings. The van der Waals surface area contributed by atoms with Crippen molar-refractivity contribution >= 4 is 22.4 Å². The SMILES string of the molecule is COCCNc1nc(-c2ccc(O)c(C(N)=O)c2)cs1. The average molecular weight is 293 g/mol. The average Bonchev–Trinajstić information content (AvgIpc) is 2.88. The number of methoxy groups -OCH3 is 1. The number of carbonyl (C=O) groups excluding carboxylic acids is 1. The number of phenols is 1. The van der Waals surface area contributed by atoms with E-state index < -0.39 is 5.91 Å². The molecule has 106 valence electrons. The van der Waals surface area contributed by atoms with Gasteiger partial charge in [-0.1, -0.05) is 0 Å². The maximum absolute atomic E-state index is 11.2. The van der Waals surface area contributed by atoms with Crippen LogP contribution in [0.2, 0.25) is 0 Å². The van der Waals surface area contributed by atoms with Gasteiger partial charge in [0.25, 0.3) is 5.91 Å². The number of hydrogen-bond acceptors (Lipinski definition) is 6. The number of thiazole rings is 1. The highest BCUT2D eigenvalue weighted by molar-refractivity contribution is 7.14. The Morgan fingerprint density at radius 3 is 3.05 bits per heavy atom. The van der Waals surface area contributed by atoms with Crippen molar-refractivity contribution in [3.05, 3.63) is 29.1 Å². The molecular weight excluding hydrogens is 278 g/mol. The molecule has 1 aromatic carbocycles. The van der Waals surface area contributed by atoms with Crippen LogP contribution in [0.4, 0.5) is 5.13 Å². The molecule has 0 radical (unpaired) electrons. The molecule has 0 fully saturated rings. The maximum Gasteiger partial charge on any atom is 0.252 e. The molecule has 0 aliphatic carbocycles. The second-order valence-corrected chi connectivity index (χ2v) is 4.91. The lowest BCUT2D eigenvalue weighted by Gasteiger charge is -2.03. The van der Waals surface area contributed by atoms with Crippen molar-refractivity contribution in [1.29, 1.82) is 0 Å². The first-order valence-electron chi connectivity index (χ1n) is 5.93. The minimum Gasteiger partial charge on any atom is -0.507 e. The lowest BCUT2D eigenvalue weighted by atomic mass is 10.1. The first-order chi connectivity index (χ1) is 9.61. The van der Waals surface area contributed by atoms with E-state index in [2.05, 4.69) is 10.3 Å². The number of hydrogen-bond donors (Lipinski definition) is 3. The largest absolute Gasteiger partial charge is 0.507 e. The molecule has 0 unspecified atom stereocenters. The number of carbonyl (C=O) groups is 1. The molecule has 0 saturated heterocycles. The van der Waals surface area contributed by atoms with Gasteiger partial charge in [0.15, 0.2) is 5.13 Å². The Kier molecular flexibility index (Phi) is 4.54. The molecule has 2 rings (SSSR count). The third kappa shape index (κ3) is 3.25. The predicted octanol–water partition coefficient (Wildman–Crippen LogP) is 1.67. The Labute approximate surface area is 120 Å². The molecule has 0 aliphatic rings. The number of anilines is 1. The second-order valence-electron chi connectivity index (χ2n) is 4.05. The summed E-state index contributed by atoms with van der Waals surface area (Å²) >= 11 is 1.46. The molecule has 0 aliphatic heterocycles. The number of nitrogens with one attached hydrogen (secondary N) is 1. The van der Waals surface area contributed by atoms with Gasteiger partial charge in [0.1, 0.15) is 5.75 Å². The second kappa shape index (κ2) is 6.36. The van der Waals surface area contributed by atoms with Gasteiger partial charge in [0.05, 0.1) is 17.9 Å². The van der Waals surface area contributed by atoms with E-state index in [0.29, 0.717) is 13.2 Å². The number of aromatic hydroxyl groups is 1. The summed E-state index contributed by atoms with van der Waals surface area (Å²) in [5, 5.41) is 15.3. The predicted molar refractivity (Wildman–Crippen MR) is 78.1 cm³/mol. The molecule has 0 saturated carbocycles. The summed E-state index contributed by atoms with van der Waals surface area (Å²) in [6.45, 7) is 1.27. The van der Waals surface area contributed by atoms with Crippen LogP contribution in [0.3, 0.4) is 0 Å². The summed E-state index contributed by atoms with van der Waals surface area (Å²) in [6.07, 6.45) is 0. The van der Waals surface area contributed by atoms with Crippen molar-refractivity contribution < 1.29 is 14.6 Å². The molecular formula is C13H15N3O3S. The number of rotatable bonds is 6. The van der Waals surface area contributed by atoms with E-state index in [-0.39, 0.29) is 11.3 Å². The Hall–Kier alpha value is -2.12.